The molecule has 0 atom stereocenters. The molecule has 0 saturated carbocycles. The normalized spacial score (nSPS) is 17.9. The maximum atomic E-state index is 11.2. The predicted molar refractivity (Wildman–Crippen MR) is 52.6 cm³/mol. The lowest BCUT2D eigenvalue weighted by Crippen LogP contribution is -2.12. The minimum Gasteiger partial charge on any atom is -0.461 e. The Kier molecular flexibility index (Phi) is 4.15. The lowest BCUT2D eigenvalue weighted by atomic mass is 10.2. The van der Waals surface area contributed by atoms with Gasteiger partial charge in [0.2, 0.25) is 0 Å². The van der Waals surface area contributed by atoms with Gasteiger partial charge in [0.05, 0.1) is 13.0 Å². The summed E-state index contributed by atoms with van der Waals surface area (Å²) in [6, 6.07) is 0. The first kappa shape index (κ1) is 11.6. The van der Waals surface area contributed by atoms with Gasteiger partial charge in [0.15, 0.2) is 0 Å². The molecule has 1 rings (SSSR count). The Hall–Kier alpha value is -1.52. The van der Waals surface area contributed by atoms with Crippen LogP contribution in [-0.4, -0.2) is 30.0 Å². The molecule has 1 heterocycles. The zero-order chi connectivity index (χ0) is 11.3. The number of carbonyl (C=O) groups is 3. The van der Waals surface area contributed by atoms with Gasteiger partial charge in [-0.15, -0.1) is 0 Å². The predicted octanol–water partition coefficient (Wildman–Crippen LogP) is 0.660. The standard InChI is InChI=1S/C10H13NO4/c1-2-3-7(12)6-9(13)11-8-4-5-15-10(8)14/h2-6H2,1H3/b11-8+. The summed E-state index contributed by atoms with van der Waals surface area (Å²) in [5.41, 5.74) is 0.129. The topological polar surface area (TPSA) is 72.8 Å². The monoisotopic (exact) mass is 211 g/mol. The van der Waals surface area contributed by atoms with Crippen LogP contribution in [0.15, 0.2) is 4.99 Å². The molecular weight excluding hydrogens is 198 g/mol. The van der Waals surface area contributed by atoms with E-state index in [1.54, 1.807) is 0 Å². The van der Waals surface area contributed by atoms with E-state index in [0.29, 0.717) is 19.3 Å². The number of cyclic esters (lactones) is 1. The number of rotatable bonds is 4. The van der Waals surface area contributed by atoms with Gasteiger partial charge < -0.3 is 4.74 Å². The summed E-state index contributed by atoms with van der Waals surface area (Å²) in [6.07, 6.45) is 1.23. The van der Waals surface area contributed by atoms with E-state index >= 15 is 0 Å². The highest BCUT2D eigenvalue weighted by Gasteiger charge is 2.22. The number of carbonyl (C=O) groups excluding carboxylic acids is 3. The van der Waals surface area contributed by atoms with Gasteiger partial charge in [0, 0.05) is 12.8 Å². The van der Waals surface area contributed by atoms with E-state index in [1.165, 1.54) is 0 Å². The Morgan fingerprint density at radius 2 is 2.20 bits per heavy atom. The van der Waals surface area contributed by atoms with E-state index in [2.05, 4.69) is 9.73 Å². The first-order valence-electron chi connectivity index (χ1n) is 4.92. The van der Waals surface area contributed by atoms with E-state index < -0.39 is 11.9 Å². The van der Waals surface area contributed by atoms with Crippen LogP contribution in [0.1, 0.15) is 32.6 Å². The highest BCUT2D eigenvalue weighted by Crippen LogP contribution is 2.04. The molecule has 15 heavy (non-hydrogen) atoms. The smallest absolute Gasteiger partial charge is 0.352 e. The molecule has 5 heteroatoms. The van der Waals surface area contributed by atoms with Crippen molar-refractivity contribution in [2.45, 2.75) is 32.6 Å². The van der Waals surface area contributed by atoms with Crippen LogP contribution in [0.4, 0.5) is 0 Å². The van der Waals surface area contributed by atoms with Crippen molar-refractivity contribution in [1.82, 2.24) is 0 Å². The molecule has 1 saturated heterocycles. The number of hydrogen-bond donors (Lipinski definition) is 0. The summed E-state index contributed by atoms with van der Waals surface area (Å²) in [4.78, 5) is 36.8. The number of ether oxygens (including phenoxy) is 1. The highest BCUT2D eigenvalue weighted by atomic mass is 16.5. The summed E-state index contributed by atoms with van der Waals surface area (Å²) in [5, 5.41) is 0. The molecule has 0 aromatic heterocycles. The second-order valence-electron chi connectivity index (χ2n) is 3.30. The van der Waals surface area contributed by atoms with E-state index in [4.69, 9.17) is 0 Å². The third-order valence-electron chi connectivity index (χ3n) is 1.94. The second kappa shape index (κ2) is 5.38. The van der Waals surface area contributed by atoms with E-state index in [9.17, 15) is 14.4 Å². The number of esters is 1. The van der Waals surface area contributed by atoms with Crippen molar-refractivity contribution in [3.05, 3.63) is 0 Å². The molecular formula is C10H13NO4. The van der Waals surface area contributed by atoms with Crippen molar-refractivity contribution in [3.63, 3.8) is 0 Å². The van der Waals surface area contributed by atoms with Crippen molar-refractivity contribution in [2.24, 2.45) is 4.99 Å². The maximum Gasteiger partial charge on any atom is 0.352 e. The quantitative estimate of drug-likeness (QED) is 0.505. The maximum absolute atomic E-state index is 11.2. The van der Waals surface area contributed by atoms with Gasteiger partial charge >= 0.3 is 5.97 Å². The average molecular weight is 211 g/mol. The van der Waals surface area contributed by atoms with Crippen molar-refractivity contribution in [1.29, 1.82) is 0 Å². The van der Waals surface area contributed by atoms with Crippen molar-refractivity contribution >= 4 is 23.4 Å². The van der Waals surface area contributed by atoms with E-state index in [1.807, 2.05) is 6.92 Å². The first-order valence-corrected chi connectivity index (χ1v) is 4.92. The van der Waals surface area contributed by atoms with Gasteiger partial charge in [-0.1, -0.05) is 6.92 Å². The molecule has 82 valence electrons. The Morgan fingerprint density at radius 3 is 2.73 bits per heavy atom. The Labute approximate surface area is 87.5 Å². The number of nitrogens with zero attached hydrogens (tertiary/aromatic N) is 1. The minimum absolute atomic E-state index is 0.129. The molecule has 5 nitrogen and oxygen atoms in total. The molecule has 1 amide bonds. The molecule has 0 bridgehead atoms. The van der Waals surface area contributed by atoms with Crippen LogP contribution >= 0.6 is 0 Å². The summed E-state index contributed by atoms with van der Waals surface area (Å²) in [7, 11) is 0. The van der Waals surface area contributed by atoms with Gasteiger partial charge in [0.25, 0.3) is 5.91 Å². The van der Waals surface area contributed by atoms with Gasteiger partial charge in [-0.25, -0.2) is 9.79 Å². The fourth-order valence-electron chi connectivity index (χ4n) is 1.25. The van der Waals surface area contributed by atoms with Gasteiger partial charge in [-0.2, -0.15) is 0 Å². The Balaban J connectivity index is 2.48. The number of Topliss-reactive ketones (excluding diaryl/α,β-unsaturated/α-hetero) is 1. The SMILES string of the molecule is CCCC(=O)CC(=O)/N=C1\CCOC1=O. The van der Waals surface area contributed by atoms with E-state index in [0.717, 1.165) is 0 Å². The number of aliphatic imine (C=N–C) groups is 1. The van der Waals surface area contributed by atoms with Crippen LogP contribution < -0.4 is 0 Å². The zero-order valence-corrected chi connectivity index (χ0v) is 8.62. The summed E-state index contributed by atoms with van der Waals surface area (Å²) < 4.78 is 4.61. The molecule has 0 spiro atoms. The van der Waals surface area contributed by atoms with Gasteiger partial charge in [0.1, 0.15) is 11.5 Å². The van der Waals surface area contributed by atoms with Crippen LogP contribution in [0, 0.1) is 0 Å². The summed E-state index contributed by atoms with van der Waals surface area (Å²) in [6.45, 7) is 2.14. The summed E-state index contributed by atoms with van der Waals surface area (Å²) in [5.74, 6) is -1.24. The molecule has 0 aromatic rings. The third-order valence-corrected chi connectivity index (χ3v) is 1.94. The Bertz CT molecular complexity index is 319. The zero-order valence-electron chi connectivity index (χ0n) is 8.62. The second-order valence-corrected chi connectivity index (χ2v) is 3.30. The lowest BCUT2D eigenvalue weighted by Gasteiger charge is -1.94. The molecule has 1 fully saturated rings. The molecule has 1 aliphatic heterocycles. The van der Waals surface area contributed by atoms with Crippen LogP contribution in [0.5, 0.6) is 0 Å². The minimum atomic E-state index is -0.553. The van der Waals surface area contributed by atoms with Crippen molar-refractivity contribution in [2.75, 3.05) is 6.61 Å². The molecule has 0 unspecified atom stereocenters. The van der Waals surface area contributed by atoms with Crippen molar-refractivity contribution in [3.8, 4) is 0 Å². The molecule has 0 aliphatic carbocycles. The van der Waals surface area contributed by atoms with Crippen LogP contribution in [-0.2, 0) is 19.1 Å². The van der Waals surface area contributed by atoms with Crippen LogP contribution in [0.3, 0.4) is 0 Å². The van der Waals surface area contributed by atoms with Gasteiger partial charge in [-0.3, -0.25) is 9.59 Å². The summed E-state index contributed by atoms with van der Waals surface area (Å²) >= 11 is 0. The third kappa shape index (κ3) is 3.61. The highest BCUT2D eigenvalue weighted by molar-refractivity contribution is 6.39. The molecule has 1 aliphatic rings. The largest absolute Gasteiger partial charge is 0.461 e. The molecule has 0 aromatic carbocycles. The van der Waals surface area contributed by atoms with Crippen LogP contribution in [0.25, 0.3) is 0 Å². The fourth-order valence-corrected chi connectivity index (χ4v) is 1.25. The molecule has 0 N–H and O–H groups in total. The first-order chi connectivity index (χ1) is 7.13. The fraction of sp³-hybridized carbons (Fsp3) is 0.600. The lowest BCUT2D eigenvalue weighted by molar-refractivity contribution is -0.133. The van der Waals surface area contributed by atoms with Crippen molar-refractivity contribution < 1.29 is 19.1 Å². The van der Waals surface area contributed by atoms with E-state index in [-0.39, 0.29) is 24.5 Å². The Morgan fingerprint density at radius 1 is 1.47 bits per heavy atom. The number of amides is 1. The average Bonchev–Trinajstić information content (AvgIpc) is 2.52. The van der Waals surface area contributed by atoms with Gasteiger partial charge in [-0.05, 0) is 6.42 Å². The van der Waals surface area contributed by atoms with Crippen LogP contribution in [0.2, 0.25) is 0 Å². The molecule has 0 radical (unpaired) electrons. The number of hydrogen-bond acceptors (Lipinski definition) is 4. The number of ketones is 1.